The fourth-order valence-corrected chi connectivity index (χ4v) is 3.21. The van der Waals surface area contributed by atoms with Crippen molar-refractivity contribution < 1.29 is 14.7 Å². The van der Waals surface area contributed by atoms with Gasteiger partial charge in [0.2, 0.25) is 5.91 Å². The van der Waals surface area contributed by atoms with Gasteiger partial charge in [0, 0.05) is 11.8 Å². The quantitative estimate of drug-likeness (QED) is 0.776. The number of hydrogen-bond donors (Lipinski definition) is 2. The molecule has 1 aliphatic rings. The van der Waals surface area contributed by atoms with E-state index in [0.717, 1.165) is 11.5 Å². The fraction of sp³-hybridized carbons (Fsp3) is 0.846. The summed E-state index contributed by atoms with van der Waals surface area (Å²) in [6.45, 7) is 6.06. The van der Waals surface area contributed by atoms with Crippen LogP contribution in [0.5, 0.6) is 0 Å². The van der Waals surface area contributed by atoms with Gasteiger partial charge in [-0.25, -0.2) is 0 Å². The molecule has 0 spiro atoms. The van der Waals surface area contributed by atoms with Gasteiger partial charge >= 0.3 is 5.97 Å². The smallest absolute Gasteiger partial charge is 0.307 e. The highest BCUT2D eigenvalue weighted by Crippen LogP contribution is 2.36. The van der Waals surface area contributed by atoms with Crippen LogP contribution in [-0.4, -0.2) is 34.5 Å². The molecule has 1 aliphatic carbocycles. The molecule has 0 radical (unpaired) electrons. The maximum Gasteiger partial charge on any atom is 0.307 e. The number of aliphatic carboxylic acids is 1. The zero-order valence-electron chi connectivity index (χ0n) is 11.3. The lowest BCUT2D eigenvalue weighted by Crippen LogP contribution is -2.41. The molecule has 0 heterocycles. The molecule has 1 rings (SSSR count). The normalized spacial score (nSPS) is 28.9. The molecule has 4 atom stereocenters. The second kappa shape index (κ2) is 7.02. The second-order valence-electron chi connectivity index (χ2n) is 5.20. The third-order valence-corrected chi connectivity index (χ3v) is 4.56. The fourth-order valence-electron chi connectivity index (χ4n) is 2.54. The molecule has 0 aromatic carbocycles. The second-order valence-corrected chi connectivity index (χ2v) is 6.52. The Kier molecular flexibility index (Phi) is 5.99. The van der Waals surface area contributed by atoms with Crippen LogP contribution in [0.4, 0.5) is 0 Å². The first-order valence-corrected chi connectivity index (χ1v) is 7.72. The summed E-state index contributed by atoms with van der Waals surface area (Å²) in [4.78, 5) is 23.2. The molecule has 18 heavy (non-hydrogen) atoms. The van der Waals surface area contributed by atoms with Crippen molar-refractivity contribution in [2.75, 3.05) is 11.5 Å². The molecule has 1 amide bonds. The summed E-state index contributed by atoms with van der Waals surface area (Å²) in [5.74, 6) is 0.437. The van der Waals surface area contributed by atoms with Crippen LogP contribution in [0.2, 0.25) is 0 Å². The SMILES string of the molecule is CCSCC(C)NC(=O)C1CC(C)CC1C(=O)O. The predicted octanol–water partition coefficient (Wildman–Crippen LogP) is 1.99. The van der Waals surface area contributed by atoms with Crippen molar-refractivity contribution in [3.8, 4) is 0 Å². The summed E-state index contributed by atoms with van der Waals surface area (Å²) < 4.78 is 0. The molecule has 5 heteroatoms. The summed E-state index contributed by atoms with van der Waals surface area (Å²) in [5, 5.41) is 12.1. The van der Waals surface area contributed by atoms with E-state index in [1.54, 1.807) is 11.8 Å². The molecular formula is C13H23NO3S. The number of thioether (sulfide) groups is 1. The van der Waals surface area contributed by atoms with Crippen LogP contribution in [0, 0.1) is 17.8 Å². The largest absolute Gasteiger partial charge is 0.481 e. The van der Waals surface area contributed by atoms with Gasteiger partial charge in [0.25, 0.3) is 0 Å². The molecule has 0 aliphatic heterocycles. The van der Waals surface area contributed by atoms with Gasteiger partial charge in [-0.05, 0) is 31.4 Å². The standard InChI is InChI=1S/C13H23NO3S/c1-4-18-7-9(3)14-12(15)10-5-8(2)6-11(10)13(16)17/h8-11H,4-7H2,1-3H3,(H,14,15)(H,16,17). The number of nitrogens with one attached hydrogen (secondary N) is 1. The van der Waals surface area contributed by atoms with Crippen LogP contribution in [0.25, 0.3) is 0 Å². The highest BCUT2D eigenvalue weighted by molar-refractivity contribution is 7.99. The summed E-state index contributed by atoms with van der Waals surface area (Å²) >= 11 is 1.78. The van der Waals surface area contributed by atoms with Gasteiger partial charge in [0.05, 0.1) is 11.8 Å². The predicted molar refractivity (Wildman–Crippen MR) is 73.6 cm³/mol. The van der Waals surface area contributed by atoms with Crippen LogP contribution in [-0.2, 0) is 9.59 Å². The first-order chi connectivity index (χ1) is 8.45. The van der Waals surface area contributed by atoms with Gasteiger partial charge in [-0.1, -0.05) is 13.8 Å². The number of carboxylic acids is 1. The number of amides is 1. The Bertz CT molecular complexity index is 309. The van der Waals surface area contributed by atoms with Gasteiger partial charge < -0.3 is 10.4 Å². The number of hydrogen-bond acceptors (Lipinski definition) is 3. The van der Waals surface area contributed by atoms with Crippen LogP contribution < -0.4 is 5.32 Å². The Hall–Kier alpha value is -0.710. The summed E-state index contributed by atoms with van der Waals surface area (Å²) in [5.41, 5.74) is 0. The van der Waals surface area contributed by atoms with Crippen molar-refractivity contribution in [3.05, 3.63) is 0 Å². The van der Waals surface area contributed by atoms with E-state index in [-0.39, 0.29) is 17.9 Å². The molecule has 0 aromatic rings. The zero-order valence-corrected chi connectivity index (χ0v) is 12.1. The monoisotopic (exact) mass is 273 g/mol. The topological polar surface area (TPSA) is 66.4 Å². The van der Waals surface area contributed by atoms with E-state index >= 15 is 0 Å². The van der Waals surface area contributed by atoms with Gasteiger partial charge in [-0.2, -0.15) is 11.8 Å². The molecule has 4 unspecified atom stereocenters. The molecular weight excluding hydrogens is 250 g/mol. The van der Waals surface area contributed by atoms with E-state index in [0.29, 0.717) is 18.8 Å². The van der Waals surface area contributed by atoms with Crippen molar-refractivity contribution >= 4 is 23.6 Å². The molecule has 2 N–H and O–H groups in total. The van der Waals surface area contributed by atoms with Crippen LogP contribution in [0.15, 0.2) is 0 Å². The summed E-state index contributed by atoms with van der Waals surface area (Å²) in [6, 6.07) is 0.104. The van der Waals surface area contributed by atoms with Gasteiger partial charge in [-0.15, -0.1) is 0 Å². The maximum atomic E-state index is 12.1. The van der Waals surface area contributed by atoms with Gasteiger partial charge in [-0.3, -0.25) is 9.59 Å². The van der Waals surface area contributed by atoms with Crippen molar-refractivity contribution in [1.29, 1.82) is 0 Å². The van der Waals surface area contributed by atoms with E-state index in [1.807, 2.05) is 13.8 Å². The Labute approximate surface area is 113 Å². The lowest BCUT2D eigenvalue weighted by atomic mass is 9.95. The van der Waals surface area contributed by atoms with Crippen molar-refractivity contribution in [1.82, 2.24) is 5.32 Å². The minimum Gasteiger partial charge on any atom is -0.481 e. The first kappa shape index (κ1) is 15.3. The van der Waals surface area contributed by atoms with E-state index in [9.17, 15) is 9.59 Å². The minimum atomic E-state index is -0.838. The molecule has 0 saturated heterocycles. The Morgan fingerprint density at radius 3 is 2.56 bits per heavy atom. The highest BCUT2D eigenvalue weighted by atomic mass is 32.2. The number of carbonyl (C=O) groups excluding carboxylic acids is 1. The third kappa shape index (κ3) is 4.19. The number of carbonyl (C=O) groups is 2. The average molecular weight is 273 g/mol. The molecule has 1 fully saturated rings. The van der Waals surface area contributed by atoms with Crippen LogP contribution in [0.1, 0.15) is 33.6 Å². The molecule has 104 valence electrons. The summed E-state index contributed by atoms with van der Waals surface area (Å²) in [6.07, 6.45) is 1.31. The van der Waals surface area contributed by atoms with Crippen LogP contribution >= 0.6 is 11.8 Å². The highest BCUT2D eigenvalue weighted by Gasteiger charge is 2.41. The van der Waals surface area contributed by atoms with E-state index < -0.39 is 11.9 Å². The third-order valence-electron chi connectivity index (χ3n) is 3.41. The lowest BCUT2D eigenvalue weighted by molar-refractivity contribution is -0.146. The maximum absolute atomic E-state index is 12.1. The zero-order chi connectivity index (χ0) is 13.7. The van der Waals surface area contributed by atoms with Crippen LogP contribution in [0.3, 0.4) is 0 Å². The lowest BCUT2D eigenvalue weighted by Gasteiger charge is -2.19. The van der Waals surface area contributed by atoms with Crippen molar-refractivity contribution in [3.63, 3.8) is 0 Å². The number of rotatable bonds is 6. The Balaban J connectivity index is 2.52. The van der Waals surface area contributed by atoms with E-state index in [1.165, 1.54) is 0 Å². The summed E-state index contributed by atoms with van der Waals surface area (Å²) in [7, 11) is 0. The van der Waals surface area contributed by atoms with Gasteiger partial charge in [0.15, 0.2) is 0 Å². The molecule has 1 saturated carbocycles. The molecule has 4 nitrogen and oxygen atoms in total. The van der Waals surface area contributed by atoms with Crippen molar-refractivity contribution in [2.45, 2.75) is 39.7 Å². The molecule has 0 bridgehead atoms. The average Bonchev–Trinajstić information content (AvgIpc) is 2.69. The van der Waals surface area contributed by atoms with E-state index in [4.69, 9.17) is 5.11 Å². The Morgan fingerprint density at radius 2 is 2.00 bits per heavy atom. The minimum absolute atomic E-state index is 0.0871. The van der Waals surface area contributed by atoms with Crippen molar-refractivity contribution in [2.24, 2.45) is 17.8 Å². The number of carboxylic acid groups (broad SMARTS) is 1. The van der Waals surface area contributed by atoms with E-state index in [2.05, 4.69) is 12.2 Å². The Morgan fingerprint density at radius 1 is 1.39 bits per heavy atom. The first-order valence-electron chi connectivity index (χ1n) is 6.56. The van der Waals surface area contributed by atoms with Gasteiger partial charge in [0.1, 0.15) is 0 Å². The molecule has 0 aromatic heterocycles.